The second kappa shape index (κ2) is 4.72. The predicted molar refractivity (Wildman–Crippen MR) is 54.0 cm³/mol. The predicted octanol–water partition coefficient (Wildman–Crippen LogP) is 0.353. The molecule has 15 heavy (non-hydrogen) atoms. The van der Waals surface area contributed by atoms with Crippen molar-refractivity contribution in [3.63, 3.8) is 0 Å². The molecule has 0 atom stereocenters. The van der Waals surface area contributed by atoms with Gasteiger partial charge in [-0.15, -0.1) is 0 Å². The highest BCUT2D eigenvalue weighted by Crippen LogP contribution is 2.02. The van der Waals surface area contributed by atoms with Crippen LogP contribution in [0, 0.1) is 20.2 Å². The van der Waals surface area contributed by atoms with Gasteiger partial charge in [-0.05, 0) is 13.8 Å². The van der Waals surface area contributed by atoms with Crippen molar-refractivity contribution in [1.29, 1.82) is 0 Å². The summed E-state index contributed by atoms with van der Waals surface area (Å²) in [5, 5.41) is 2.27. The van der Waals surface area contributed by atoms with Gasteiger partial charge >= 0.3 is 0 Å². The zero-order valence-corrected chi connectivity index (χ0v) is 9.13. The van der Waals surface area contributed by atoms with E-state index in [9.17, 15) is 9.59 Å². The Labute approximate surface area is 88.5 Å². The van der Waals surface area contributed by atoms with Crippen LogP contribution in [-0.2, 0) is 16.1 Å². The number of nitrogens with zero attached hydrogens (tertiary/aromatic N) is 2. The van der Waals surface area contributed by atoms with Gasteiger partial charge in [-0.2, -0.15) is 0 Å². The molecule has 1 aromatic rings. The fraction of sp³-hybridized carbons (Fsp3) is 0.500. The fourth-order valence-corrected chi connectivity index (χ4v) is 1.07. The Morgan fingerprint density at radius 1 is 1.40 bits per heavy atom. The molecule has 0 unspecified atom stereocenters. The summed E-state index contributed by atoms with van der Waals surface area (Å²) in [5.74, 6) is -0.604. The van der Waals surface area contributed by atoms with Crippen LogP contribution < -0.4 is 5.32 Å². The number of carbonyl (C=O) groups is 2. The lowest BCUT2D eigenvalue weighted by Crippen LogP contribution is -2.32. The Hall–Kier alpha value is -1.65. The zero-order chi connectivity index (χ0) is 11.4. The number of carbonyl (C=O) groups excluding carboxylic acids is 2. The van der Waals surface area contributed by atoms with Gasteiger partial charge in [0.05, 0.1) is 5.69 Å². The highest BCUT2D eigenvalue weighted by molar-refractivity contribution is 5.94. The molecule has 5 heteroatoms. The number of rotatable bonds is 3. The van der Waals surface area contributed by atoms with Crippen molar-refractivity contribution in [3.8, 4) is 0 Å². The van der Waals surface area contributed by atoms with Gasteiger partial charge in [0, 0.05) is 12.1 Å². The first-order valence-corrected chi connectivity index (χ1v) is 4.78. The summed E-state index contributed by atoms with van der Waals surface area (Å²) in [6.45, 7) is 5.48. The normalized spacial score (nSPS) is 10.1. The molecule has 5 nitrogen and oxygen atoms in total. The average Bonchev–Trinajstić information content (AvgIpc) is 2.49. The number of aryl methyl sites for hydroxylation is 1. The second-order valence-electron chi connectivity index (χ2n) is 3.29. The maximum absolute atomic E-state index is 11.3. The number of imidazole rings is 1. The zero-order valence-electron chi connectivity index (χ0n) is 9.13. The summed E-state index contributed by atoms with van der Waals surface area (Å²) < 4.78 is 1.59. The smallest absolute Gasteiger partial charge is 0.246 e. The molecule has 0 spiro atoms. The minimum Gasteiger partial charge on any atom is -0.316 e. The molecule has 0 fully saturated rings. The van der Waals surface area contributed by atoms with Crippen molar-refractivity contribution in [2.75, 3.05) is 0 Å². The largest absolute Gasteiger partial charge is 0.316 e. The van der Waals surface area contributed by atoms with Crippen LogP contribution in [0.4, 0.5) is 0 Å². The molecule has 0 aliphatic rings. The molecule has 0 saturated carbocycles. The molecule has 1 radical (unpaired) electrons. The monoisotopic (exact) mass is 208 g/mol. The number of hydrogen-bond acceptors (Lipinski definition) is 3. The quantitative estimate of drug-likeness (QED) is 0.779. The Morgan fingerprint density at radius 3 is 2.53 bits per heavy atom. The molecule has 1 N–H and O–H groups in total. The molecule has 1 rings (SSSR count). The van der Waals surface area contributed by atoms with Gasteiger partial charge in [0.15, 0.2) is 6.33 Å². The second-order valence-corrected chi connectivity index (χ2v) is 3.29. The number of hydrogen-bond donors (Lipinski definition) is 1. The third-order valence-electron chi connectivity index (χ3n) is 2.17. The minimum absolute atomic E-state index is 0.0818. The lowest BCUT2D eigenvalue weighted by molar-refractivity contribution is -0.130. The van der Waals surface area contributed by atoms with Crippen molar-refractivity contribution in [1.82, 2.24) is 14.9 Å². The van der Waals surface area contributed by atoms with E-state index in [1.54, 1.807) is 11.5 Å². The summed E-state index contributed by atoms with van der Waals surface area (Å²) in [7, 11) is 0. The maximum Gasteiger partial charge on any atom is 0.246 e. The first-order valence-electron chi connectivity index (χ1n) is 4.78. The van der Waals surface area contributed by atoms with E-state index >= 15 is 0 Å². The standard InChI is InChI=1S/C10H14N3O2/c1-4-9(14)12-10(15)5-13-6-11-7(2)8(13)3/h4-5H2,1-3H3,(H,12,14,15). The van der Waals surface area contributed by atoms with Crippen molar-refractivity contribution in [3.05, 3.63) is 17.7 Å². The van der Waals surface area contributed by atoms with E-state index in [1.165, 1.54) is 0 Å². The lowest BCUT2D eigenvalue weighted by Gasteiger charge is -2.04. The lowest BCUT2D eigenvalue weighted by atomic mass is 10.4. The molecule has 0 saturated heterocycles. The van der Waals surface area contributed by atoms with E-state index in [4.69, 9.17) is 0 Å². The van der Waals surface area contributed by atoms with Crippen LogP contribution in [0.3, 0.4) is 0 Å². The van der Waals surface area contributed by atoms with Gasteiger partial charge in [0.25, 0.3) is 0 Å². The Morgan fingerprint density at radius 2 is 2.07 bits per heavy atom. The van der Waals surface area contributed by atoms with Gasteiger partial charge < -0.3 is 4.57 Å². The summed E-state index contributed by atoms with van der Waals surface area (Å²) in [5.41, 5.74) is 1.72. The Bertz CT molecular complexity index is 382. The molecular weight excluding hydrogens is 194 g/mol. The molecule has 0 aliphatic carbocycles. The van der Waals surface area contributed by atoms with Crippen LogP contribution in [0.1, 0.15) is 24.7 Å². The van der Waals surface area contributed by atoms with Crippen molar-refractivity contribution < 1.29 is 9.59 Å². The molecule has 0 aliphatic heterocycles. The number of amides is 2. The van der Waals surface area contributed by atoms with Gasteiger partial charge in [0.2, 0.25) is 11.8 Å². The third kappa shape index (κ3) is 2.90. The first-order chi connectivity index (χ1) is 7.04. The summed E-state index contributed by atoms with van der Waals surface area (Å²) in [6.07, 6.45) is 2.99. The SMILES string of the molecule is CCC(=O)NC(=O)Cn1[c]nc(C)c1C. The molecule has 2 amide bonds. The average molecular weight is 208 g/mol. The minimum atomic E-state index is -0.335. The van der Waals surface area contributed by atoms with E-state index in [0.29, 0.717) is 6.42 Å². The van der Waals surface area contributed by atoms with E-state index in [-0.39, 0.29) is 18.4 Å². The fourth-order valence-electron chi connectivity index (χ4n) is 1.07. The van der Waals surface area contributed by atoms with Crippen LogP contribution in [-0.4, -0.2) is 21.4 Å². The third-order valence-corrected chi connectivity index (χ3v) is 2.17. The molecule has 0 bridgehead atoms. The number of aromatic nitrogens is 2. The van der Waals surface area contributed by atoms with Crippen molar-refractivity contribution >= 4 is 11.8 Å². The van der Waals surface area contributed by atoms with Crippen LogP contribution >= 0.6 is 0 Å². The Kier molecular flexibility index (Phi) is 3.60. The van der Waals surface area contributed by atoms with Crippen LogP contribution in [0.2, 0.25) is 0 Å². The maximum atomic E-state index is 11.3. The highest BCUT2D eigenvalue weighted by Gasteiger charge is 2.09. The van der Waals surface area contributed by atoms with Crippen LogP contribution in [0.5, 0.6) is 0 Å². The number of imide groups is 1. The Balaban J connectivity index is 2.59. The molecule has 0 aromatic carbocycles. The van der Waals surface area contributed by atoms with E-state index in [0.717, 1.165) is 11.4 Å². The summed E-state index contributed by atoms with van der Waals surface area (Å²) in [6, 6.07) is 0. The topological polar surface area (TPSA) is 64.0 Å². The van der Waals surface area contributed by atoms with Gasteiger partial charge in [-0.25, -0.2) is 4.98 Å². The number of nitrogens with one attached hydrogen (secondary N) is 1. The van der Waals surface area contributed by atoms with Crippen LogP contribution in [0.15, 0.2) is 0 Å². The summed E-state index contributed by atoms with van der Waals surface area (Å²) in [4.78, 5) is 26.2. The van der Waals surface area contributed by atoms with E-state index in [1.807, 2.05) is 13.8 Å². The van der Waals surface area contributed by atoms with Gasteiger partial charge in [-0.3, -0.25) is 14.9 Å². The van der Waals surface area contributed by atoms with E-state index in [2.05, 4.69) is 16.6 Å². The molecular formula is C10H14N3O2. The van der Waals surface area contributed by atoms with E-state index < -0.39 is 0 Å². The first kappa shape index (κ1) is 11.4. The van der Waals surface area contributed by atoms with Crippen molar-refractivity contribution in [2.45, 2.75) is 33.7 Å². The van der Waals surface area contributed by atoms with Gasteiger partial charge in [0.1, 0.15) is 6.54 Å². The van der Waals surface area contributed by atoms with Crippen LogP contribution in [0.25, 0.3) is 0 Å². The van der Waals surface area contributed by atoms with Crippen molar-refractivity contribution in [2.24, 2.45) is 0 Å². The van der Waals surface area contributed by atoms with Gasteiger partial charge in [-0.1, -0.05) is 6.92 Å². The molecule has 81 valence electrons. The summed E-state index contributed by atoms with van der Waals surface area (Å²) >= 11 is 0. The highest BCUT2D eigenvalue weighted by atomic mass is 16.2. The molecule has 1 heterocycles. The molecule has 1 aromatic heterocycles.